The van der Waals surface area contributed by atoms with Gasteiger partial charge in [0.15, 0.2) is 6.54 Å². The smallest absolute Gasteiger partial charge is 0.320 e. The number of rotatable bonds is 4. The highest BCUT2D eigenvalue weighted by molar-refractivity contribution is 7.10. The predicted molar refractivity (Wildman–Crippen MR) is 90.6 cm³/mol. The average Bonchev–Trinajstić information content (AvgIpc) is 3.18. The summed E-state index contributed by atoms with van der Waals surface area (Å²) in [6.45, 7) is 1.29. The number of benzene rings is 1. The van der Waals surface area contributed by atoms with Gasteiger partial charge < -0.3 is 10.2 Å². The first kappa shape index (κ1) is 15.7. The maximum absolute atomic E-state index is 12.1. The van der Waals surface area contributed by atoms with Crippen molar-refractivity contribution >= 4 is 29.0 Å². The minimum Gasteiger partial charge on any atom is -0.320 e. The summed E-state index contributed by atoms with van der Waals surface area (Å²) in [5.41, 5.74) is 0.669. The summed E-state index contributed by atoms with van der Waals surface area (Å²) in [4.78, 5) is 26.5. The number of imide groups is 1. The minimum absolute atomic E-state index is 0.239. The van der Waals surface area contributed by atoms with E-state index in [2.05, 4.69) is 22.1 Å². The van der Waals surface area contributed by atoms with E-state index in [-0.39, 0.29) is 5.91 Å². The van der Waals surface area contributed by atoms with Gasteiger partial charge in [-0.05, 0) is 23.6 Å². The van der Waals surface area contributed by atoms with Crippen LogP contribution >= 0.6 is 11.3 Å². The van der Waals surface area contributed by atoms with Crippen molar-refractivity contribution in [3.05, 3.63) is 52.7 Å². The molecule has 3 amide bonds. The molecular weight excluding hydrogens is 310 g/mol. The van der Waals surface area contributed by atoms with Gasteiger partial charge in [0, 0.05) is 18.5 Å². The molecule has 3 N–H and O–H groups in total. The summed E-state index contributed by atoms with van der Waals surface area (Å²) >= 11 is 1.73. The van der Waals surface area contributed by atoms with Crippen molar-refractivity contribution in [2.75, 3.05) is 18.4 Å². The lowest BCUT2D eigenvalue weighted by atomic mass is 10.2. The lowest BCUT2D eigenvalue weighted by Gasteiger charge is -2.19. The molecule has 2 heterocycles. The number of quaternary nitrogens is 1. The van der Waals surface area contributed by atoms with E-state index in [0.717, 1.165) is 19.4 Å². The van der Waals surface area contributed by atoms with Crippen LogP contribution in [0.15, 0.2) is 47.8 Å². The Morgan fingerprint density at radius 2 is 2.00 bits per heavy atom. The normalized spacial score (nSPS) is 20.2. The first-order valence-corrected chi connectivity index (χ1v) is 8.64. The fourth-order valence-corrected chi connectivity index (χ4v) is 3.94. The van der Waals surface area contributed by atoms with E-state index >= 15 is 0 Å². The molecule has 120 valence electrons. The molecule has 1 aliphatic rings. The minimum atomic E-state index is -0.479. The number of likely N-dealkylation sites (tertiary alicyclic amines) is 1. The van der Waals surface area contributed by atoms with E-state index in [9.17, 15) is 9.59 Å². The molecule has 1 aromatic carbocycles. The van der Waals surface area contributed by atoms with Gasteiger partial charge in [0.05, 0.1) is 11.4 Å². The lowest BCUT2D eigenvalue weighted by molar-refractivity contribution is -0.910. The van der Waals surface area contributed by atoms with Crippen LogP contribution in [-0.2, 0) is 4.79 Å². The maximum Gasteiger partial charge on any atom is 0.326 e. The van der Waals surface area contributed by atoms with E-state index in [0.29, 0.717) is 18.3 Å². The van der Waals surface area contributed by atoms with Gasteiger partial charge in [-0.25, -0.2) is 4.79 Å². The fourth-order valence-electron chi connectivity index (χ4n) is 3.02. The van der Waals surface area contributed by atoms with E-state index in [4.69, 9.17) is 0 Å². The largest absolute Gasteiger partial charge is 0.326 e. The Bertz CT molecular complexity index is 658. The molecule has 3 rings (SSSR count). The highest BCUT2D eigenvalue weighted by Gasteiger charge is 2.32. The van der Waals surface area contributed by atoms with Crippen LogP contribution in [0, 0.1) is 0 Å². The van der Waals surface area contributed by atoms with Crippen molar-refractivity contribution in [2.45, 2.75) is 18.9 Å². The Kier molecular flexibility index (Phi) is 5.05. The van der Waals surface area contributed by atoms with Crippen molar-refractivity contribution in [3.63, 3.8) is 0 Å². The highest BCUT2D eigenvalue weighted by Crippen LogP contribution is 2.23. The molecule has 1 saturated heterocycles. The van der Waals surface area contributed by atoms with Crippen LogP contribution in [-0.4, -0.2) is 25.0 Å². The molecular formula is C17H20N3O2S+. The van der Waals surface area contributed by atoms with Crippen molar-refractivity contribution in [3.8, 4) is 0 Å². The molecule has 1 aliphatic heterocycles. The van der Waals surface area contributed by atoms with E-state index in [1.807, 2.05) is 24.3 Å². The Balaban J connectivity index is 1.52. The van der Waals surface area contributed by atoms with E-state index in [1.165, 1.54) is 9.78 Å². The molecule has 1 aromatic heterocycles. The average molecular weight is 330 g/mol. The third-order valence-corrected chi connectivity index (χ3v) is 5.03. The number of hydrogen-bond acceptors (Lipinski definition) is 3. The van der Waals surface area contributed by atoms with Crippen LogP contribution in [0.2, 0.25) is 0 Å². The first-order valence-electron chi connectivity index (χ1n) is 7.76. The zero-order valence-corrected chi connectivity index (χ0v) is 13.6. The number of amides is 3. The van der Waals surface area contributed by atoms with Crippen LogP contribution < -0.4 is 15.5 Å². The fraction of sp³-hybridized carbons (Fsp3) is 0.294. The topological polar surface area (TPSA) is 62.6 Å². The van der Waals surface area contributed by atoms with Crippen molar-refractivity contribution in [2.24, 2.45) is 0 Å². The zero-order valence-electron chi connectivity index (χ0n) is 12.7. The predicted octanol–water partition coefficient (Wildman–Crippen LogP) is 1.82. The highest BCUT2D eigenvalue weighted by atomic mass is 32.1. The van der Waals surface area contributed by atoms with Crippen molar-refractivity contribution in [1.29, 1.82) is 0 Å². The number of carbonyl (C=O) groups is 2. The molecule has 6 heteroatoms. The zero-order chi connectivity index (χ0) is 16.1. The van der Waals surface area contributed by atoms with Gasteiger partial charge in [0.1, 0.15) is 6.04 Å². The van der Waals surface area contributed by atoms with Gasteiger partial charge in [-0.15, -0.1) is 11.3 Å². The summed E-state index contributed by atoms with van der Waals surface area (Å²) < 4.78 is 0. The summed E-state index contributed by atoms with van der Waals surface area (Å²) in [7, 11) is 0. The van der Waals surface area contributed by atoms with Crippen LogP contribution in [0.4, 0.5) is 10.5 Å². The van der Waals surface area contributed by atoms with Crippen molar-refractivity contribution in [1.82, 2.24) is 5.32 Å². The lowest BCUT2D eigenvalue weighted by Crippen LogP contribution is -3.11. The van der Waals surface area contributed by atoms with Gasteiger partial charge >= 0.3 is 6.03 Å². The number of para-hydroxylation sites is 1. The second-order valence-corrected chi connectivity index (χ2v) is 6.64. The maximum atomic E-state index is 12.1. The number of carbonyl (C=O) groups excluding carboxylic acids is 2. The molecule has 0 aliphatic carbocycles. The summed E-state index contributed by atoms with van der Waals surface area (Å²) in [6.07, 6.45) is 2.21. The molecule has 1 unspecified atom stereocenters. The van der Waals surface area contributed by atoms with Crippen LogP contribution in [0.25, 0.3) is 0 Å². The quantitative estimate of drug-likeness (QED) is 0.801. The van der Waals surface area contributed by atoms with E-state index < -0.39 is 6.03 Å². The standard InChI is InChI=1S/C17H19N3O2S/c21-16(19-17(22)18-13-6-2-1-3-7-13)12-20-10-4-8-14(20)15-9-5-11-23-15/h1-3,5-7,9,11,14H,4,8,10,12H2,(H2,18,19,21,22)/p+1/t14-/m1/s1. The Hall–Kier alpha value is -2.18. The summed E-state index contributed by atoms with van der Waals surface area (Å²) in [5, 5.41) is 7.14. The van der Waals surface area contributed by atoms with Crippen molar-refractivity contribution < 1.29 is 14.5 Å². The number of thiophene rings is 1. The SMILES string of the molecule is O=C(C[NH+]1CCC[C@@H]1c1cccs1)NC(=O)Nc1ccccc1. The molecule has 2 atom stereocenters. The molecule has 0 radical (unpaired) electrons. The molecule has 0 bridgehead atoms. The number of hydrogen-bond donors (Lipinski definition) is 3. The van der Waals surface area contributed by atoms with Crippen LogP contribution in [0.3, 0.4) is 0 Å². The van der Waals surface area contributed by atoms with E-state index in [1.54, 1.807) is 23.5 Å². The number of urea groups is 1. The van der Waals surface area contributed by atoms with Gasteiger partial charge in [-0.1, -0.05) is 24.3 Å². The molecule has 0 spiro atoms. The second-order valence-electron chi connectivity index (χ2n) is 5.66. The number of nitrogens with one attached hydrogen (secondary N) is 3. The van der Waals surface area contributed by atoms with Crippen LogP contribution in [0.1, 0.15) is 23.8 Å². The summed E-state index contributed by atoms with van der Waals surface area (Å²) in [6, 6.07) is 13.2. The monoisotopic (exact) mass is 330 g/mol. The molecule has 5 nitrogen and oxygen atoms in total. The molecule has 0 saturated carbocycles. The Morgan fingerprint density at radius 1 is 1.17 bits per heavy atom. The Morgan fingerprint density at radius 3 is 2.74 bits per heavy atom. The molecule has 2 aromatic rings. The first-order chi connectivity index (χ1) is 11.2. The third kappa shape index (κ3) is 4.18. The third-order valence-electron chi connectivity index (χ3n) is 4.04. The molecule has 1 fully saturated rings. The van der Waals surface area contributed by atoms with Gasteiger partial charge in [0.2, 0.25) is 0 Å². The van der Waals surface area contributed by atoms with Gasteiger partial charge in [-0.3, -0.25) is 10.1 Å². The van der Waals surface area contributed by atoms with Gasteiger partial charge in [0.25, 0.3) is 5.91 Å². The van der Waals surface area contributed by atoms with Gasteiger partial charge in [-0.2, -0.15) is 0 Å². The van der Waals surface area contributed by atoms with Crippen LogP contribution in [0.5, 0.6) is 0 Å². The number of anilines is 1. The molecule has 23 heavy (non-hydrogen) atoms. The summed E-state index contributed by atoms with van der Waals surface area (Å²) in [5.74, 6) is -0.239. The second kappa shape index (κ2) is 7.39. The Labute approximate surface area is 139 Å².